The summed E-state index contributed by atoms with van der Waals surface area (Å²) in [5.74, 6) is 0.0810. The number of nitrogens with zero attached hydrogens (tertiary/aromatic N) is 2. The molecule has 29 heavy (non-hydrogen) atoms. The summed E-state index contributed by atoms with van der Waals surface area (Å²) in [5.41, 5.74) is 5.84. The first-order valence-electron chi connectivity index (χ1n) is 10.1. The first-order valence-corrected chi connectivity index (χ1v) is 11.8. The zero-order valence-electron chi connectivity index (χ0n) is 16.4. The van der Waals surface area contributed by atoms with Crippen LogP contribution in [0.2, 0.25) is 0 Å². The number of carbonyl (C=O) groups is 1. The van der Waals surface area contributed by atoms with Crippen LogP contribution in [-0.4, -0.2) is 26.5 Å². The molecule has 0 spiro atoms. The van der Waals surface area contributed by atoms with Crippen LogP contribution in [0.5, 0.6) is 5.88 Å². The van der Waals surface area contributed by atoms with Gasteiger partial charge in [-0.3, -0.25) is 4.79 Å². The monoisotopic (exact) mass is 415 g/mol. The number of aryl methyl sites for hydroxylation is 3. The number of benzene rings is 1. The first kappa shape index (κ1) is 18.6. The second-order valence-corrected chi connectivity index (χ2v) is 9.83. The minimum Gasteiger partial charge on any atom is -0.477 e. The molecule has 2 atom stereocenters. The molecule has 1 unspecified atom stereocenters. The van der Waals surface area contributed by atoms with Gasteiger partial charge in [0.1, 0.15) is 9.92 Å². The maximum absolute atomic E-state index is 13.3. The maximum Gasteiger partial charge on any atom is 0.277 e. The number of carbonyl (C=O) groups excluding carboxylic acids is 1. The Balaban J connectivity index is 1.61. The number of ether oxygens (including phenoxy) is 1. The average molecular weight is 416 g/mol. The Bertz CT molecular complexity index is 1140. The van der Waals surface area contributed by atoms with Crippen LogP contribution in [0.25, 0.3) is 0 Å². The summed E-state index contributed by atoms with van der Waals surface area (Å²) in [7, 11) is -3.67. The largest absolute Gasteiger partial charge is 0.477 e. The van der Waals surface area contributed by atoms with Crippen molar-refractivity contribution in [3.8, 4) is 5.88 Å². The van der Waals surface area contributed by atoms with Gasteiger partial charge in [0.05, 0.1) is 6.61 Å². The van der Waals surface area contributed by atoms with Crippen molar-refractivity contribution in [2.45, 2.75) is 62.8 Å². The topological polar surface area (TPSA) is 123 Å². The van der Waals surface area contributed by atoms with E-state index >= 15 is 0 Å². The predicted molar refractivity (Wildman–Crippen MR) is 109 cm³/mol. The molecule has 8 nitrogen and oxygen atoms in total. The van der Waals surface area contributed by atoms with Gasteiger partial charge in [0.2, 0.25) is 5.88 Å². The van der Waals surface area contributed by atoms with Crippen molar-refractivity contribution in [2.24, 2.45) is 5.14 Å². The number of amides is 1. The third kappa shape index (κ3) is 2.95. The Labute approximate surface area is 169 Å². The van der Waals surface area contributed by atoms with Crippen molar-refractivity contribution >= 4 is 21.5 Å². The van der Waals surface area contributed by atoms with Gasteiger partial charge in [-0.2, -0.15) is 5.10 Å². The molecular weight excluding hydrogens is 390 g/mol. The van der Waals surface area contributed by atoms with Crippen LogP contribution >= 0.6 is 0 Å². The highest BCUT2D eigenvalue weighted by Gasteiger charge is 2.34. The summed E-state index contributed by atoms with van der Waals surface area (Å²) < 4.78 is 27.4. The lowest BCUT2D eigenvalue weighted by Gasteiger charge is -2.18. The van der Waals surface area contributed by atoms with Crippen molar-refractivity contribution < 1.29 is 13.7 Å². The lowest BCUT2D eigenvalue weighted by molar-refractivity contribution is 0.101. The van der Waals surface area contributed by atoms with E-state index in [1.807, 2.05) is 0 Å². The summed E-state index contributed by atoms with van der Waals surface area (Å²) in [5, 5.41) is 13.0. The van der Waals surface area contributed by atoms with Crippen LogP contribution in [0.3, 0.4) is 0 Å². The van der Waals surface area contributed by atoms with E-state index in [4.69, 9.17) is 14.7 Å². The molecule has 0 bridgehead atoms. The van der Waals surface area contributed by atoms with Crippen LogP contribution in [0.1, 0.15) is 64.8 Å². The molecule has 1 aliphatic heterocycles. The predicted octanol–water partition coefficient (Wildman–Crippen LogP) is 2.74. The van der Waals surface area contributed by atoms with Gasteiger partial charge < -0.3 is 10.1 Å². The summed E-state index contributed by atoms with van der Waals surface area (Å²) in [6.07, 6.45) is 5.87. The van der Waals surface area contributed by atoms with Crippen LogP contribution < -0.4 is 15.2 Å². The van der Waals surface area contributed by atoms with E-state index in [-0.39, 0.29) is 16.5 Å². The third-order valence-electron chi connectivity index (χ3n) is 6.24. The second kappa shape index (κ2) is 6.56. The number of nitrogens with one attached hydrogen (secondary N) is 2. The van der Waals surface area contributed by atoms with E-state index in [1.54, 1.807) is 0 Å². The van der Waals surface area contributed by atoms with Gasteiger partial charge >= 0.3 is 0 Å². The Morgan fingerprint density at radius 2 is 2.17 bits per heavy atom. The van der Waals surface area contributed by atoms with Crippen molar-refractivity contribution in [3.63, 3.8) is 0 Å². The number of hydrogen-bond acceptors (Lipinski definition) is 5. The number of fused-ring (bicyclic) bond motifs is 3. The van der Waals surface area contributed by atoms with Gasteiger partial charge in [0.15, 0.2) is 10.6 Å². The number of rotatable bonds is 3. The standard InChI is InChI=1S/C20H25N5O3S/c1-11-6-7-13-10-12-4-2-5-14(12)16(15(11)13)23-19(26)17-18(29(21,22)27)20-25(24-17)8-3-9-28-20/h10-11H,2-9H2,1H3,(H,23,26)(H3,21,22,27)/t11-/m1/s1. The van der Waals surface area contributed by atoms with Gasteiger partial charge in [0, 0.05) is 18.7 Å². The summed E-state index contributed by atoms with van der Waals surface area (Å²) in [6, 6.07) is 2.31. The number of hydrogen-bond donors (Lipinski definition) is 3. The van der Waals surface area contributed by atoms with Crippen molar-refractivity contribution in [1.29, 1.82) is 4.78 Å². The molecule has 1 aromatic heterocycles. The van der Waals surface area contributed by atoms with E-state index in [1.165, 1.54) is 26.9 Å². The average Bonchev–Trinajstić information content (AvgIpc) is 3.37. The molecule has 5 rings (SSSR count). The lowest BCUT2D eigenvalue weighted by Crippen LogP contribution is -2.21. The highest BCUT2D eigenvalue weighted by Crippen LogP contribution is 2.44. The quantitative estimate of drug-likeness (QED) is 0.713. The summed E-state index contributed by atoms with van der Waals surface area (Å²) in [6.45, 7) is 3.15. The van der Waals surface area contributed by atoms with Crippen LogP contribution in [0.15, 0.2) is 11.0 Å². The molecule has 2 heterocycles. The minimum atomic E-state index is -3.67. The van der Waals surface area contributed by atoms with Gasteiger partial charge in [0.25, 0.3) is 5.91 Å². The molecule has 154 valence electrons. The van der Waals surface area contributed by atoms with Crippen LogP contribution in [0, 0.1) is 4.78 Å². The molecule has 0 radical (unpaired) electrons. The summed E-state index contributed by atoms with van der Waals surface area (Å²) in [4.78, 5) is 13.2. The Kier molecular flexibility index (Phi) is 4.22. The molecule has 9 heteroatoms. The zero-order chi connectivity index (χ0) is 20.3. The van der Waals surface area contributed by atoms with Crippen LogP contribution in [0.4, 0.5) is 5.69 Å². The second-order valence-electron chi connectivity index (χ2n) is 8.22. The Morgan fingerprint density at radius 1 is 1.34 bits per heavy atom. The van der Waals surface area contributed by atoms with Crippen molar-refractivity contribution in [2.75, 3.05) is 11.9 Å². The van der Waals surface area contributed by atoms with Gasteiger partial charge in [-0.1, -0.05) is 13.0 Å². The van der Waals surface area contributed by atoms with E-state index in [2.05, 4.69) is 23.4 Å². The number of nitrogens with two attached hydrogens (primary N) is 1. The zero-order valence-corrected chi connectivity index (χ0v) is 17.2. The molecular formula is C20H25N5O3S. The molecule has 2 aromatic rings. The SMILES string of the molecule is C[C@@H]1CCc2cc3c(c(NC(=O)c4nn5c(c4S(=N)(N)=O)OCCC5)c21)CCC3. The Hall–Kier alpha value is -2.39. The van der Waals surface area contributed by atoms with Gasteiger partial charge in [-0.05, 0) is 60.3 Å². The lowest BCUT2D eigenvalue weighted by atomic mass is 9.94. The number of anilines is 1. The molecule has 4 N–H and O–H groups in total. The first-order chi connectivity index (χ1) is 13.8. The third-order valence-corrected chi connectivity index (χ3v) is 7.21. The van der Waals surface area contributed by atoms with E-state index in [0.29, 0.717) is 19.1 Å². The molecule has 0 fully saturated rings. The van der Waals surface area contributed by atoms with E-state index < -0.39 is 15.8 Å². The molecule has 1 amide bonds. The van der Waals surface area contributed by atoms with Crippen molar-refractivity contribution in [3.05, 3.63) is 34.0 Å². The molecule has 2 aliphatic carbocycles. The van der Waals surface area contributed by atoms with E-state index in [9.17, 15) is 9.00 Å². The smallest absolute Gasteiger partial charge is 0.277 e. The molecule has 0 saturated heterocycles. The van der Waals surface area contributed by atoms with Gasteiger partial charge in [-0.15, -0.1) is 0 Å². The fourth-order valence-electron chi connectivity index (χ4n) is 4.95. The molecule has 1 aromatic carbocycles. The normalized spacial score (nSPS) is 21.7. The van der Waals surface area contributed by atoms with Crippen LogP contribution in [-0.2, 0) is 35.7 Å². The van der Waals surface area contributed by atoms with E-state index in [0.717, 1.165) is 44.2 Å². The fourth-order valence-corrected chi connectivity index (χ4v) is 5.80. The number of aromatic nitrogens is 2. The summed E-state index contributed by atoms with van der Waals surface area (Å²) >= 11 is 0. The van der Waals surface area contributed by atoms with Crippen molar-refractivity contribution in [1.82, 2.24) is 9.78 Å². The minimum absolute atomic E-state index is 0.0700. The highest BCUT2D eigenvalue weighted by molar-refractivity contribution is 7.90. The molecule has 3 aliphatic rings. The molecule has 0 saturated carbocycles. The highest BCUT2D eigenvalue weighted by atomic mass is 32.2. The maximum atomic E-state index is 13.3. The Morgan fingerprint density at radius 3 is 2.97 bits per heavy atom. The van der Waals surface area contributed by atoms with Gasteiger partial charge in [-0.25, -0.2) is 18.8 Å². The fraction of sp³-hybridized carbons (Fsp3) is 0.500.